The molecule has 3 nitrogen and oxygen atoms in total. The van der Waals surface area contributed by atoms with Gasteiger partial charge < -0.3 is 5.73 Å². The molecule has 1 aliphatic heterocycles. The number of benzene rings is 1. The predicted molar refractivity (Wildman–Crippen MR) is 75.3 cm³/mol. The molecule has 1 fully saturated rings. The van der Waals surface area contributed by atoms with E-state index in [1.54, 1.807) is 0 Å². The summed E-state index contributed by atoms with van der Waals surface area (Å²) in [6.45, 7) is 1.94. The van der Waals surface area contributed by atoms with Crippen molar-refractivity contribution >= 4 is 16.5 Å². The molecule has 1 aliphatic rings. The SMILES string of the molecule is Nc1ncc(CN2CCCC2c2ccc(F)cc2)s1. The van der Waals surface area contributed by atoms with Crippen LogP contribution in [0.15, 0.2) is 30.5 Å². The summed E-state index contributed by atoms with van der Waals surface area (Å²) in [5.41, 5.74) is 6.85. The fourth-order valence-electron chi connectivity index (χ4n) is 2.67. The van der Waals surface area contributed by atoms with Crippen LogP contribution in [0.3, 0.4) is 0 Å². The Labute approximate surface area is 115 Å². The van der Waals surface area contributed by atoms with Crippen molar-refractivity contribution in [3.8, 4) is 0 Å². The fraction of sp³-hybridized carbons (Fsp3) is 0.357. The highest BCUT2D eigenvalue weighted by atomic mass is 32.1. The van der Waals surface area contributed by atoms with Gasteiger partial charge in [-0.3, -0.25) is 4.90 Å². The minimum absolute atomic E-state index is 0.177. The van der Waals surface area contributed by atoms with Crippen molar-refractivity contribution < 1.29 is 4.39 Å². The molecule has 0 radical (unpaired) electrons. The predicted octanol–water partition coefficient (Wildman–Crippen LogP) is 3.20. The van der Waals surface area contributed by atoms with Crippen molar-refractivity contribution in [2.24, 2.45) is 0 Å². The lowest BCUT2D eigenvalue weighted by atomic mass is 10.0. The number of nitrogens with zero attached hydrogens (tertiary/aromatic N) is 2. The maximum absolute atomic E-state index is 13.0. The molecule has 19 heavy (non-hydrogen) atoms. The number of hydrogen-bond acceptors (Lipinski definition) is 4. The van der Waals surface area contributed by atoms with Gasteiger partial charge in [-0.25, -0.2) is 9.37 Å². The van der Waals surface area contributed by atoms with Gasteiger partial charge in [-0.05, 0) is 37.1 Å². The van der Waals surface area contributed by atoms with E-state index in [4.69, 9.17) is 5.73 Å². The van der Waals surface area contributed by atoms with Gasteiger partial charge in [0.2, 0.25) is 0 Å². The number of thiazole rings is 1. The first-order valence-electron chi connectivity index (χ1n) is 6.42. The summed E-state index contributed by atoms with van der Waals surface area (Å²) in [7, 11) is 0. The average Bonchev–Trinajstić information content (AvgIpc) is 3.00. The number of rotatable bonds is 3. The second kappa shape index (κ2) is 5.27. The lowest BCUT2D eigenvalue weighted by Crippen LogP contribution is -2.22. The number of halogens is 1. The number of hydrogen-bond donors (Lipinski definition) is 1. The van der Waals surface area contributed by atoms with E-state index < -0.39 is 0 Å². The molecule has 2 N–H and O–H groups in total. The van der Waals surface area contributed by atoms with Gasteiger partial charge in [0.1, 0.15) is 5.82 Å². The van der Waals surface area contributed by atoms with Crippen LogP contribution < -0.4 is 5.73 Å². The molecule has 2 aromatic rings. The Kier molecular flexibility index (Phi) is 3.48. The van der Waals surface area contributed by atoms with Gasteiger partial charge in [-0.15, -0.1) is 11.3 Å². The molecule has 1 unspecified atom stereocenters. The van der Waals surface area contributed by atoms with E-state index in [1.165, 1.54) is 40.3 Å². The largest absolute Gasteiger partial charge is 0.375 e. The van der Waals surface area contributed by atoms with Crippen molar-refractivity contribution in [2.75, 3.05) is 12.3 Å². The van der Waals surface area contributed by atoms with Crippen LogP contribution in [0.5, 0.6) is 0 Å². The lowest BCUT2D eigenvalue weighted by Gasteiger charge is -2.24. The minimum atomic E-state index is -0.177. The first kappa shape index (κ1) is 12.6. The van der Waals surface area contributed by atoms with Gasteiger partial charge in [-0.2, -0.15) is 0 Å². The zero-order valence-corrected chi connectivity index (χ0v) is 11.4. The van der Waals surface area contributed by atoms with Crippen LogP contribution in [0, 0.1) is 5.82 Å². The Balaban J connectivity index is 1.76. The maximum Gasteiger partial charge on any atom is 0.180 e. The highest BCUT2D eigenvalue weighted by Gasteiger charge is 2.26. The summed E-state index contributed by atoms with van der Waals surface area (Å²) < 4.78 is 13.0. The van der Waals surface area contributed by atoms with Crippen molar-refractivity contribution in [2.45, 2.75) is 25.4 Å². The second-order valence-corrected chi connectivity index (χ2v) is 5.99. The van der Waals surface area contributed by atoms with Crippen LogP contribution in [0.25, 0.3) is 0 Å². The van der Waals surface area contributed by atoms with Crippen LogP contribution in [0.2, 0.25) is 0 Å². The quantitative estimate of drug-likeness (QED) is 0.936. The van der Waals surface area contributed by atoms with E-state index in [0.717, 1.165) is 19.5 Å². The molecule has 5 heteroatoms. The third-order valence-electron chi connectivity index (χ3n) is 3.55. The summed E-state index contributed by atoms with van der Waals surface area (Å²) in [5.74, 6) is -0.177. The molecule has 0 aliphatic carbocycles. The normalized spacial score (nSPS) is 19.9. The van der Waals surface area contributed by atoms with E-state index >= 15 is 0 Å². The first-order chi connectivity index (χ1) is 9.22. The molecule has 1 aromatic carbocycles. The number of likely N-dealkylation sites (tertiary alicyclic amines) is 1. The van der Waals surface area contributed by atoms with Crippen molar-refractivity contribution in [3.05, 3.63) is 46.7 Å². The van der Waals surface area contributed by atoms with E-state index in [9.17, 15) is 4.39 Å². The van der Waals surface area contributed by atoms with Gasteiger partial charge in [0.15, 0.2) is 5.13 Å². The molecule has 100 valence electrons. The molecule has 0 bridgehead atoms. The zero-order valence-electron chi connectivity index (χ0n) is 10.6. The number of nitrogens with two attached hydrogens (primary N) is 1. The Morgan fingerprint density at radius 1 is 1.37 bits per heavy atom. The molecular weight excluding hydrogens is 261 g/mol. The van der Waals surface area contributed by atoms with Gasteiger partial charge in [0.05, 0.1) is 0 Å². The van der Waals surface area contributed by atoms with E-state index in [-0.39, 0.29) is 5.82 Å². The molecule has 1 atom stereocenters. The number of aromatic nitrogens is 1. The Morgan fingerprint density at radius 3 is 2.84 bits per heavy atom. The molecule has 0 spiro atoms. The van der Waals surface area contributed by atoms with Crippen LogP contribution >= 0.6 is 11.3 Å². The third kappa shape index (κ3) is 2.77. The summed E-state index contributed by atoms with van der Waals surface area (Å²) >= 11 is 1.54. The van der Waals surface area contributed by atoms with Crippen LogP contribution in [-0.4, -0.2) is 16.4 Å². The molecule has 0 saturated carbocycles. The highest BCUT2D eigenvalue weighted by molar-refractivity contribution is 7.15. The molecule has 3 rings (SSSR count). The second-order valence-electron chi connectivity index (χ2n) is 4.84. The standard InChI is InChI=1S/C14H16FN3S/c15-11-5-3-10(4-6-11)13-2-1-7-18(13)9-12-8-17-14(16)19-12/h3-6,8,13H,1-2,7,9H2,(H2,16,17). The summed E-state index contributed by atoms with van der Waals surface area (Å²) in [5, 5.41) is 0.618. The van der Waals surface area contributed by atoms with E-state index in [0.29, 0.717) is 11.2 Å². The van der Waals surface area contributed by atoms with Crippen molar-refractivity contribution in [3.63, 3.8) is 0 Å². The monoisotopic (exact) mass is 277 g/mol. The Hall–Kier alpha value is -1.46. The Bertz CT molecular complexity index is 552. The third-order valence-corrected chi connectivity index (χ3v) is 4.36. The summed E-state index contributed by atoms with van der Waals surface area (Å²) in [6, 6.07) is 7.23. The lowest BCUT2D eigenvalue weighted by molar-refractivity contribution is 0.250. The molecule has 1 aromatic heterocycles. The van der Waals surface area contributed by atoms with E-state index in [1.807, 2.05) is 18.3 Å². The number of nitrogen functional groups attached to an aromatic ring is 1. The molecule has 2 heterocycles. The highest BCUT2D eigenvalue weighted by Crippen LogP contribution is 2.34. The molecular formula is C14H16FN3S. The average molecular weight is 277 g/mol. The van der Waals surface area contributed by atoms with Gasteiger partial charge >= 0.3 is 0 Å². The fourth-order valence-corrected chi connectivity index (χ4v) is 3.38. The topological polar surface area (TPSA) is 42.1 Å². The smallest absolute Gasteiger partial charge is 0.180 e. The summed E-state index contributed by atoms with van der Waals surface area (Å²) in [6.07, 6.45) is 4.15. The van der Waals surface area contributed by atoms with Crippen molar-refractivity contribution in [1.82, 2.24) is 9.88 Å². The molecule has 0 amide bonds. The maximum atomic E-state index is 13.0. The van der Waals surface area contributed by atoms with Crippen LogP contribution in [0.4, 0.5) is 9.52 Å². The Morgan fingerprint density at radius 2 is 2.16 bits per heavy atom. The van der Waals surface area contributed by atoms with Gasteiger partial charge in [0, 0.05) is 23.7 Å². The zero-order chi connectivity index (χ0) is 13.2. The van der Waals surface area contributed by atoms with Crippen LogP contribution in [-0.2, 0) is 6.54 Å². The van der Waals surface area contributed by atoms with Gasteiger partial charge in [0.25, 0.3) is 0 Å². The number of anilines is 1. The minimum Gasteiger partial charge on any atom is -0.375 e. The first-order valence-corrected chi connectivity index (χ1v) is 7.24. The van der Waals surface area contributed by atoms with Crippen molar-refractivity contribution in [1.29, 1.82) is 0 Å². The van der Waals surface area contributed by atoms with Crippen LogP contribution in [0.1, 0.15) is 29.3 Å². The van der Waals surface area contributed by atoms with Gasteiger partial charge in [-0.1, -0.05) is 12.1 Å². The summed E-state index contributed by atoms with van der Waals surface area (Å²) in [4.78, 5) is 7.69. The van der Waals surface area contributed by atoms with E-state index in [2.05, 4.69) is 9.88 Å². The molecule has 1 saturated heterocycles.